The molecule has 2 rings (SSSR count). The molecule has 98 valence electrons. The number of carbonyl (C=O) groups excluding carboxylic acids is 1. The first-order valence-electron chi connectivity index (χ1n) is 5.99. The summed E-state index contributed by atoms with van der Waals surface area (Å²) in [5.74, 6) is 0.285. The van der Waals surface area contributed by atoms with Gasteiger partial charge in [-0.2, -0.15) is 0 Å². The maximum absolute atomic E-state index is 12.1. The molecule has 1 aromatic rings. The Bertz CT molecular complexity index is 415. The van der Waals surface area contributed by atoms with Gasteiger partial charge >= 0.3 is 0 Å². The first kappa shape index (κ1) is 12.7. The molecular weight excluding hydrogens is 234 g/mol. The largest absolute Gasteiger partial charge is 0.504 e. The van der Waals surface area contributed by atoms with E-state index in [0.717, 1.165) is 0 Å². The van der Waals surface area contributed by atoms with Crippen molar-refractivity contribution in [1.82, 2.24) is 4.90 Å². The van der Waals surface area contributed by atoms with E-state index in [-0.39, 0.29) is 11.7 Å². The molecule has 0 saturated carbocycles. The zero-order valence-corrected chi connectivity index (χ0v) is 10.3. The molecule has 1 aliphatic heterocycles. The molecule has 1 unspecified atom stereocenters. The fourth-order valence-corrected chi connectivity index (χ4v) is 1.84. The lowest BCUT2D eigenvalue weighted by molar-refractivity contribution is -0.142. The molecule has 0 aromatic heterocycles. The predicted octanol–water partition coefficient (Wildman–Crippen LogP) is 1.02. The van der Waals surface area contributed by atoms with Crippen molar-refractivity contribution >= 4 is 5.91 Å². The van der Waals surface area contributed by atoms with Crippen molar-refractivity contribution < 1.29 is 19.4 Å². The number of carbonyl (C=O) groups is 1. The van der Waals surface area contributed by atoms with Crippen LogP contribution in [0.5, 0.6) is 11.5 Å². The molecular formula is C13H17NO4. The standard InChI is InChI=1S/C13H17NO4/c1-10(13(16)14-6-8-17-9-7-14)18-12-5-3-2-4-11(12)15/h2-5,10,15H,6-9H2,1H3. The van der Waals surface area contributed by atoms with E-state index in [9.17, 15) is 9.90 Å². The molecule has 1 heterocycles. The molecule has 1 N–H and O–H groups in total. The summed E-state index contributed by atoms with van der Waals surface area (Å²) in [4.78, 5) is 13.8. The van der Waals surface area contributed by atoms with Gasteiger partial charge in [0.1, 0.15) is 0 Å². The number of para-hydroxylation sites is 2. The number of hydrogen-bond acceptors (Lipinski definition) is 4. The summed E-state index contributed by atoms with van der Waals surface area (Å²) < 4.78 is 10.7. The van der Waals surface area contributed by atoms with E-state index in [0.29, 0.717) is 32.1 Å². The number of aromatic hydroxyl groups is 1. The Balaban J connectivity index is 1.96. The highest BCUT2D eigenvalue weighted by Crippen LogP contribution is 2.25. The van der Waals surface area contributed by atoms with E-state index in [1.54, 1.807) is 30.0 Å². The second kappa shape index (κ2) is 5.73. The Labute approximate surface area is 106 Å². The molecule has 0 bridgehead atoms. The van der Waals surface area contributed by atoms with Crippen LogP contribution in [0.3, 0.4) is 0 Å². The van der Waals surface area contributed by atoms with Crippen LogP contribution in [0.2, 0.25) is 0 Å². The lowest BCUT2D eigenvalue weighted by Gasteiger charge is -2.29. The molecule has 5 heteroatoms. The second-order valence-corrected chi connectivity index (χ2v) is 4.17. The summed E-state index contributed by atoms with van der Waals surface area (Å²) in [6.07, 6.45) is -0.614. The van der Waals surface area contributed by atoms with Crippen LogP contribution in [0.4, 0.5) is 0 Å². The molecule has 1 saturated heterocycles. The lowest BCUT2D eigenvalue weighted by Crippen LogP contribution is -2.46. The summed E-state index contributed by atoms with van der Waals surface area (Å²) in [5, 5.41) is 9.58. The van der Waals surface area contributed by atoms with Crippen LogP contribution in [0.1, 0.15) is 6.92 Å². The monoisotopic (exact) mass is 251 g/mol. The molecule has 0 aliphatic carbocycles. The van der Waals surface area contributed by atoms with Gasteiger partial charge in [0.25, 0.3) is 5.91 Å². The maximum atomic E-state index is 12.1. The molecule has 1 fully saturated rings. The van der Waals surface area contributed by atoms with Crippen molar-refractivity contribution in [1.29, 1.82) is 0 Å². The highest BCUT2D eigenvalue weighted by molar-refractivity contribution is 5.81. The summed E-state index contributed by atoms with van der Waals surface area (Å²) in [6.45, 7) is 3.99. The van der Waals surface area contributed by atoms with Crippen LogP contribution in [0.15, 0.2) is 24.3 Å². The van der Waals surface area contributed by atoms with Gasteiger partial charge in [-0.3, -0.25) is 4.79 Å². The Morgan fingerprint density at radius 3 is 2.72 bits per heavy atom. The van der Waals surface area contributed by atoms with E-state index in [4.69, 9.17) is 9.47 Å². The average Bonchev–Trinajstić information content (AvgIpc) is 2.41. The van der Waals surface area contributed by atoms with E-state index >= 15 is 0 Å². The Morgan fingerprint density at radius 1 is 1.39 bits per heavy atom. The third kappa shape index (κ3) is 2.92. The molecule has 0 spiro atoms. The van der Waals surface area contributed by atoms with Gasteiger partial charge in [-0.15, -0.1) is 0 Å². The van der Waals surface area contributed by atoms with Gasteiger partial charge in [0.2, 0.25) is 0 Å². The number of morpholine rings is 1. The van der Waals surface area contributed by atoms with Crippen molar-refractivity contribution in [3.8, 4) is 11.5 Å². The van der Waals surface area contributed by atoms with Crippen molar-refractivity contribution in [2.24, 2.45) is 0 Å². The van der Waals surface area contributed by atoms with Crippen LogP contribution in [-0.4, -0.2) is 48.3 Å². The van der Waals surface area contributed by atoms with Crippen LogP contribution in [0, 0.1) is 0 Å². The average molecular weight is 251 g/mol. The van der Waals surface area contributed by atoms with Crippen molar-refractivity contribution in [2.75, 3.05) is 26.3 Å². The molecule has 1 amide bonds. The predicted molar refractivity (Wildman–Crippen MR) is 65.6 cm³/mol. The number of rotatable bonds is 3. The highest BCUT2D eigenvalue weighted by atomic mass is 16.5. The Hall–Kier alpha value is -1.75. The molecule has 5 nitrogen and oxygen atoms in total. The highest BCUT2D eigenvalue weighted by Gasteiger charge is 2.24. The summed E-state index contributed by atoms with van der Waals surface area (Å²) in [5.41, 5.74) is 0. The minimum absolute atomic E-state index is 0.0409. The van der Waals surface area contributed by atoms with Gasteiger partial charge in [0.05, 0.1) is 13.2 Å². The van der Waals surface area contributed by atoms with E-state index in [1.807, 2.05) is 0 Å². The first-order valence-corrected chi connectivity index (χ1v) is 5.99. The number of nitrogens with zero attached hydrogens (tertiary/aromatic N) is 1. The van der Waals surface area contributed by atoms with Gasteiger partial charge in [0, 0.05) is 13.1 Å². The molecule has 0 radical (unpaired) electrons. The van der Waals surface area contributed by atoms with Gasteiger partial charge in [0.15, 0.2) is 17.6 Å². The van der Waals surface area contributed by atoms with Gasteiger partial charge in [-0.05, 0) is 19.1 Å². The van der Waals surface area contributed by atoms with Crippen molar-refractivity contribution in [2.45, 2.75) is 13.0 Å². The Morgan fingerprint density at radius 2 is 2.06 bits per heavy atom. The molecule has 1 aliphatic rings. The second-order valence-electron chi connectivity index (χ2n) is 4.17. The number of hydrogen-bond donors (Lipinski definition) is 1. The third-order valence-electron chi connectivity index (χ3n) is 2.84. The quantitative estimate of drug-likeness (QED) is 0.871. The topological polar surface area (TPSA) is 59.0 Å². The summed E-state index contributed by atoms with van der Waals surface area (Å²) in [7, 11) is 0. The summed E-state index contributed by atoms with van der Waals surface area (Å²) >= 11 is 0. The number of phenols is 1. The lowest BCUT2D eigenvalue weighted by atomic mass is 10.3. The van der Waals surface area contributed by atoms with Crippen LogP contribution in [0.25, 0.3) is 0 Å². The molecule has 1 aromatic carbocycles. The van der Waals surface area contributed by atoms with E-state index < -0.39 is 6.10 Å². The van der Waals surface area contributed by atoms with Gasteiger partial charge < -0.3 is 19.5 Å². The van der Waals surface area contributed by atoms with Crippen LogP contribution in [-0.2, 0) is 9.53 Å². The third-order valence-corrected chi connectivity index (χ3v) is 2.84. The number of phenolic OH excluding ortho intramolecular Hbond substituents is 1. The van der Waals surface area contributed by atoms with E-state index in [2.05, 4.69) is 0 Å². The maximum Gasteiger partial charge on any atom is 0.263 e. The Kier molecular flexibility index (Phi) is 4.04. The van der Waals surface area contributed by atoms with Gasteiger partial charge in [-0.1, -0.05) is 12.1 Å². The summed E-state index contributed by atoms with van der Waals surface area (Å²) in [6, 6.07) is 6.62. The zero-order valence-electron chi connectivity index (χ0n) is 10.3. The van der Waals surface area contributed by atoms with Gasteiger partial charge in [-0.25, -0.2) is 0 Å². The van der Waals surface area contributed by atoms with E-state index in [1.165, 1.54) is 6.07 Å². The zero-order chi connectivity index (χ0) is 13.0. The van der Waals surface area contributed by atoms with Crippen LogP contribution < -0.4 is 4.74 Å². The number of amides is 1. The van der Waals surface area contributed by atoms with Crippen molar-refractivity contribution in [3.63, 3.8) is 0 Å². The van der Waals surface area contributed by atoms with Crippen molar-refractivity contribution in [3.05, 3.63) is 24.3 Å². The fraction of sp³-hybridized carbons (Fsp3) is 0.462. The smallest absolute Gasteiger partial charge is 0.263 e. The SMILES string of the molecule is CC(Oc1ccccc1O)C(=O)N1CCOCC1. The number of benzene rings is 1. The van der Waals surface area contributed by atoms with Crippen LogP contribution >= 0.6 is 0 Å². The molecule has 1 atom stereocenters. The number of ether oxygens (including phenoxy) is 2. The minimum atomic E-state index is -0.614. The minimum Gasteiger partial charge on any atom is -0.504 e. The molecule has 18 heavy (non-hydrogen) atoms. The normalized spacial score (nSPS) is 17.3. The fourth-order valence-electron chi connectivity index (χ4n) is 1.84. The first-order chi connectivity index (χ1) is 8.68.